The normalized spacial score (nSPS) is 12.7. The molecule has 0 radical (unpaired) electrons. The van der Waals surface area contributed by atoms with Gasteiger partial charge in [-0.3, -0.25) is 4.68 Å². The first-order valence-corrected chi connectivity index (χ1v) is 6.92. The van der Waals surface area contributed by atoms with Crippen LogP contribution in [0.5, 0.6) is 0 Å². The number of rotatable bonds is 4. The molecule has 0 bridgehead atoms. The van der Waals surface area contributed by atoms with Crippen molar-refractivity contribution < 1.29 is 0 Å². The smallest absolute Gasteiger partial charge is 0.0492 e. The zero-order chi connectivity index (χ0) is 13.1. The number of benzene rings is 1. The maximum Gasteiger partial charge on any atom is 0.0492 e. The van der Waals surface area contributed by atoms with Crippen LogP contribution in [0.25, 0.3) is 0 Å². The summed E-state index contributed by atoms with van der Waals surface area (Å²) in [6, 6.07) is 7.71. The second-order valence-electron chi connectivity index (χ2n) is 4.26. The van der Waals surface area contributed by atoms with E-state index in [1.807, 2.05) is 36.0 Å². The minimum Gasteiger partial charge on any atom is -0.324 e. The summed E-state index contributed by atoms with van der Waals surface area (Å²) < 4.78 is 2.87. The minimum atomic E-state index is -0.0649. The van der Waals surface area contributed by atoms with Gasteiger partial charge in [0.25, 0.3) is 0 Å². The fourth-order valence-corrected chi connectivity index (χ4v) is 2.54. The van der Waals surface area contributed by atoms with Crippen LogP contribution in [0.3, 0.4) is 0 Å². The highest BCUT2D eigenvalue weighted by Crippen LogP contribution is 2.27. The van der Waals surface area contributed by atoms with E-state index in [0.29, 0.717) is 0 Å². The molecule has 0 amide bonds. The SMILES string of the molecule is Cn1nccc1CCC(N)c1cc(Br)ccc1Cl. The Labute approximate surface area is 120 Å². The first-order valence-electron chi connectivity index (χ1n) is 5.75. The first kappa shape index (κ1) is 13.6. The second-order valence-corrected chi connectivity index (χ2v) is 5.58. The fourth-order valence-electron chi connectivity index (χ4n) is 1.90. The Morgan fingerprint density at radius 2 is 2.22 bits per heavy atom. The third-order valence-corrected chi connectivity index (χ3v) is 3.83. The number of aryl methyl sites for hydroxylation is 2. The standard InChI is InChI=1S/C13H15BrClN3/c1-18-10(6-7-17-18)3-5-13(16)11-8-9(14)2-4-12(11)15/h2,4,6-8,13H,3,5,16H2,1H3. The Bertz CT molecular complexity index is 539. The van der Waals surface area contributed by atoms with E-state index in [1.165, 1.54) is 5.69 Å². The van der Waals surface area contributed by atoms with Crippen LogP contribution in [0.4, 0.5) is 0 Å². The molecule has 1 heterocycles. The van der Waals surface area contributed by atoms with E-state index in [2.05, 4.69) is 21.0 Å². The van der Waals surface area contributed by atoms with Gasteiger partial charge in [-0.2, -0.15) is 5.10 Å². The van der Waals surface area contributed by atoms with Crippen molar-refractivity contribution in [3.8, 4) is 0 Å². The molecule has 3 nitrogen and oxygen atoms in total. The molecule has 0 aliphatic carbocycles. The molecule has 0 saturated carbocycles. The van der Waals surface area contributed by atoms with Crippen LogP contribution in [0.15, 0.2) is 34.9 Å². The van der Waals surface area contributed by atoms with Crippen LogP contribution in [-0.4, -0.2) is 9.78 Å². The summed E-state index contributed by atoms with van der Waals surface area (Å²) in [5, 5.41) is 4.86. The highest BCUT2D eigenvalue weighted by atomic mass is 79.9. The van der Waals surface area contributed by atoms with Crippen LogP contribution in [0.2, 0.25) is 5.02 Å². The van der Waals surface area contributed by atoms with Crippen molar-refractivity contribution in [2.75, 3.05) is 0 Å². The Hall–Kier alpha value is -0.840. The average Bonchev–Trinajstić information content (AvgIpc) is 2.75. The molecule has 1 unspecified atom stereocenters. The van der Waals surface area contributed by atoms with Gasteiger partial charge < -0.3 is 5.73 Å². The highest BCUT2D eigenvalue weighted by molar-refractivity contribution is 9.10. The predicted octanol–water partition coefficient (Wildman–Crippen LogP) is 3.47. The van der Waals surface area contributed by atoms with Crippen molar-refractivity contribution in [1.29, 1.82) is 0 Å². The van der Waals surface area contributed by atoms with Crippen LogP contribution in [0.1, 0.15) is 23.7 Å². The van der Waals surface area contributed by atoms with E-state index in [0.717, 1.165) is 27.9 Å². The van der Waals surface area contributed by atoms with Gasteiger partial charge in [0.1, 0.15) is 0 Å². The summed E-state index contributed by atoms with van der Waals surface area (Å²) in [6.07, 6.45) is 3.53. The van der Waals surface area contributed by atoms with Crippen LogP contribution in [0, 0.1) is 0 Å². The van der Waals surface area contributed by atoms with Crippen molar-refractivity contribution in [2.24, 2.45) is 12.8 Å². The lowest BCUT2D eigenvalue weighted by Crippen LogP contribution is -2.13. The van der Waals surface area contributed by atoms with Gasteiger partial charge in [-0.05, 0) is 42.7 Å². The van der Waals surface area contributed by atoms with Gasteiger partial charge in [-0.25, -0.2) is 0 Å². The lowest BCUT2D eigenvalue weighted by Gasteiger charge is -2.14. The van der Waals surface area contributed by atoms with Gasteiger partial charge >= 0.3 is 0 Å². The Morgan fingerprint density at radius 3 is 2.89 bits per heavy atom. The van der Waals surface area contributed by atoms with Crippen molar-refractivity contribution in [1.82, 2.24) is 9.78 Å². The van der Waals surface area contributed by atoms with Crippen molar-refractivity contribution in [3.63, 3.8) is 0 Å². The molecule has 2 rings (SSSR count). The van der Waals surface area contributed by atoms with Crippen LogP contribution < -0.4 is 5.73 Å². The van der Waals surface area contributed by atoms with Crippen LogP contribution >= 0.6 is 27.5 Å². The molecule has 96 valence electrons. The largest absolute Gasteiger partial charge is 0.324 e. The molecule has 0 aliphatic heterocycles. The number of aromatic nitrogens is 2. The maximum absolute atomic E-state index is 6.20. The molecular weight excluding hydrogens is 314 g/mol. The zero-order valence-electron chi connectivity index (χ0n) is 10.1. The maximum atomic E-state index is 6.20. The lowest BCUT2D eigenvalue weighted by molar-refractivity contribution is 0.614. The number of halogens is 2. The third-order valence-electron chi connectivity index (χ3n) is 2.99. The average molecular weight is 329 g/mol. The molecule has 1 aromatic carbocycles. The van der Waals surface area contributed by atoms with E-state index in [-0.39, 0.29) is 6.04 Å². The van der Waals surface area contributed by atoms with Gasteiger partial charge in [-0.1, -0.05) is 27.5 Å². The van der Waals surface area contributed by atoms with Crippen molar-refractivity contribution in [2.45, 2.75) is 18.9 Å². The first-order chi connectivity index (χ1) is 8.58. The number of nitrogens with zero attached hydrogens (tertiary/aromatic N) is 2. The second kappa shape index (κ2) is 5.87. The Kier molecular flexibility index (Phi) is 4.43. The molecule has 5 heteroatoms. The summed E-state index contributed by atoms with van der Waals surface area (Å²) in [5.74, 6) is 0. The van der Waals surface area contributed by atoms with E-state index >= 15 is 0 Å². The van der Waals surface area contributed by atoms with E-state index in [9.17, 15) is 0 Å². The van der Waals surface area contributed by atoms with Crippen LogP contribution in [-0.2, 0) is 13.5 Å². The van der Waals surface area contributed by atoms with Gasteiger partial charge in [-0.15, -0.1) is 0 Å². The summed E-state index contributed by atoms with van der Waals surface area (Å²) >= 11 is 9.60. The summed E-state index contributed by atoms with van der Waals surface area (Å²) in [6.45, 7) is 0. The van der Waals surface area contributed by atoms with Gasteiger partial charge in [0, 0.05) is 34.5 Å². The van der Waals surface area contributed by atoms with E-state index in [1.54, 1.807) is 6.20 Å². The molecule has 0 fully saturated rings. The highest BCUT2D eigenvalue weighted by Gasteiger charge is 2.11. The zero-order valence-corrected chi connectivity index (χ0v) is 12.4. The van der Waals surface area contributed by atoms with Crippen molar-refractivity contribution in [3.05, 3.63) is 51.2 Å². The Balaban J connectivity index is 2.06. The monoisotopic (exact) mass is 327 g/mol. The van der Waals surface area contributed by atoms with Gasteiger partial charge in [0.2, 0.25) is 0 Å². The number of nitrogens with two attached hydrogens (primary N) is 1. The predicted molar refractivity (Wildman–Crippen MR) is 77.6 cm³/mol. The Morgan fingerprint density at radius 1 is 1.44 bits per heavy atom. The third kappa shape index (κ3) is 3.13. The van der Waals surface area contributed by atoms with Gasteiger partial charge in [0.05, 0.1) is 0 Å². The van der Waals surface area contributed by atoms with Crippen molar-refractivity contribution >= 4 is 27.5 Å². The molecule has 1 aromatic heterocycles. The number of hydrogen-bond donors (Lipinski definition) is 1. The molecule has 2 N–H and O–H groups in total. The number of hydrogen-bond acceptors (Lipinski definition) is 2. The summed E-state index contributed by atoms with van der Waals surface area (Å²) in [4.78, 5) is 0. The van der Waals surface area contributed by atoms with Gasteiger partial charge in [0.15, 0.2) is 0 Å². The molecule has 18 heavy (non-hydrogen) atoms. The molecule has 0 spiro atoms. The van der Waals surface area contributed by atoms with E-state index < -0.39 is 0 Å². The fraction of sp³-hybridized carbons (Fsp3) is 0.308. The van der Waals surface area contributed by atoms with E-state index in [4.69, 9.17) is 17.3 Å². The molecule has 0 aliphatic rings. The molecule has 0 saturated heterocycles. The summed E-state index contributed by atoms with van der Waals surface area (Å²) in [7, 11) is 1.94. The topological polar surface area (TPSA) is 43.8 Å². The minimum absolute atomic E-state index is 0.0649. The molecule has 1 atom stereocenters. The molecule has 2 aromatic rings. The lowest BCUT2D eigenvalue weighted by atomic mass is 10.0. The molecular formula is C13H15BrClN3. The quantitative estimate of drug-likeness (QED) is 0.934. The summed E-state index contributed by atoms with van der Waals surface area (Å²) in [5.41, 5.74) is 8.35.